The minimum atomic E-state index is -1.79. The Hall–Kier alpha value is -0.972. The smallest absolute Gasteiger partial charge is 0.242 e. The molecule has 0 saturated heterocycles. The summed E-state index contributed by atoms with van der Waals surface area (Å²) < 4.78 is 26.8. The molecule has 0 heterocycles. The van der Waals surface area contributed by atoms with Gasteiger partial charge in [0.25, 0.3) is 0 Å². The second-order valence-corrected chi connectivity index (χ2v) is 41.7. The molecule has 0 amide bonds. The van der Waals surface area contributed by atoms with Gasteiger partial charge in [0.05, 0.1) is 0 Å². The van der Waals surface area contributed by atoms with Crippen LogP contribution in [-0.4, -0.2) is 33.3 Å². The van der Waals surface area contributed by atoms with Crippen LogP contribution in [0.25, 0.3) is 0 Å². The van der Waals surface area contributed by atoms with E-state index >= 15 is 0 Å². The molecule has 292 valence electrons. The lowest BCUT2D eigenvalue weighted by molar-refractivity contribution is 0.210. The van der Waals surface area contributed by atoms with Crippen LogP contribution in [0.1, 0.15) is 104 Å². The summed E-state index contributed by atoms with van der Waals surface area (Å²) in [6.45, 7) is 61.8. The van der Waals surface area contributed by atoms with Crippen LogP contribution in [0.2, 0.25) is 78.6 Å². The number of allylic oxidation sites excluding steroid dienone is 4. The van der Waals surface area contributed by atoms with Gasteiger partial charge in [0.2, 0.25) is 33.3 Å². The molecule has 0 N–H and O–H groups in total. The Kier molecular flexibility index (Phi) is 13.8. The van der Waals surface area contributed by atoms with Crippen molar-refractivity contribution in [3.05, 3.63) is 45.8 Å². The maximum atomic E-state index is 6.82. The summed E-state index contributed by atoms with van der Waals surface area (Å²) >= 11 is 0. The van der Waals surface area contributed by atoms with E-state index in [0.717, 1.165) is 23.0 Å². The Morgan fingerprint density at radius 3 is 1.06 bits per heavy atom. The number of hydrogen-bond donors (Lipinski definition) is 0. The fraction of sp³-hybridized carbons (Fsp3) is 0.810. The molecule has 0 aromatic carbocycles. The standard InChI is InChI=1S/C23H46O2Si2.C19H38O2Si2/c1-21(2,3)16-17(22(4,5)6)19(24-26(10,11)12)20(25-27(13,14)15)18(16)23(7,8)9;1-18(2,3)14-13-15(19(4,5)6)17(21-23(10,11)12)16(14)20-22(7,8)9/h17H,1-15H3;13-14H,1-12H3. The van der Waals surface area contributed by atoms with E-state index in [2.05, 4.69) is 188 Å². The van der Waals surface area contributed by atoms with Gasteiger partial charge in [-0.05, 0) is 117 Å². The van der Waals surface area contributed by atoms with Crippen molar-refractivity contribution >= 4 is 33.3 Å². The molecule has 2 aliphatic carbocycles. The summed E-state index contributed by atoms with van der Waals surface area (Å²) in [5, 5.41) is 0. The lowest BCUT2D eigenvalue weighted by Gasteiger charge is -2.39. The Balaban J connectivity index is 0.000000506. The topological polar surface area (TPSA) is 36.9 Å². The minimum Gasteiger partial charge on any atom is -0.544 e. The third-order valence-electron chi connectivity index (χ3n) is 8.17. The minimum absolute atomic E-state index is 0.00560. The molecule has 8 heteroatoms. The molecule has 4 nitrogen and oxygen atoms in total. The zero-order valence-corrected chi connectivity index (χ0v) is 42.4. The number of rotatable bonds is 8. The second-order valence-electron chi connectivity index (χ2n) is 24.0. The highest BCUT2D eigenvalue weighted by Gasteiger charge is 2.50. The van der Waals surface area contributed by atoms with Crippen LogP contribution in [0, 0.1) is 38.9 Å². The largest absolute Gasteiger partial charge is 0.544 e. The zero-order chi connectivity index (χ0) is 40.2. The van der Waals surface area contributed by atoms with E-state index in [-0.39, 0.29) is 38.9 Å². The average molecular weight is 765 g/mol. The molecule has 0 aliphatic heterocycles. The van der Waals surface area contributed by atoms with Gasteiger partial charge in [0, 0.05) is 17.4 Å². The van der Waals surface area contributed by atoms with Gasteiger partial charge in [-0.1, -0.05) is 110 Å². The van der Waals surface area contributed by atoms with E-state index in [1.807, 2.05) is 0 Å². The zero-order valence-electron chi connectivity index (χ0n) is 38.4. The van der Waals surface area contributed by atoms with Crippen molar-refractivity contribution in [3.8, 4) is 0 Å². The van der Waals surface area contributed by atoms with Crippen LogP contribution in [0.5, 0.6) is 0 Å². The Labute approximate surface area is 316 Å². The van der Waals surface area contributed by atoms with Gasteiger partial charge >= 0.3 is 0 Å². The molecule has 0 radical (unpaired) electrons. The Bertz CT molecular complexity index is 1330. The predicted molar refractivity (Wildman–Crippen MR) is 231 cm³/mol. The summed E-state index contributed by atoms with van der Waals surface area (Å²) in [5.74, 6) is 4.84. The molecule has 0 fully saturated rings. The molecule has 50 heavy (non-hydrogen) atoms. The van der Waals surface area contributed by atoms with Crippen LogP contribution in [0.3, 0.4) is 0 Å². The van der Waals surface area contributed by atoms with E-state index < -0.39 is 33.3 Å². The van der Waals surface area contributed by atoms with E-state index in [9.17, 15) is 0 Å². The first-order valence-electron chi connectivity index (χ1n) is 19.2. The van der Waals surface area contributed by atoms with E-state index in [1.54, 1.807) is 0 Å². The highest BCUT2D eigenvalue weighted by Crippen LogP contribution is 2.58. The van der Waals surface area contributed by atoms with Crippen molar-refractivity contribution in [2.45, 2.75) is 182 Å². The first kappa shape index (κ1) is 47.0. The molecule has 2 rings (SSSR count). The first-order chi connectivity index (χ1) is 21.5. The fourth-order valence-electron chi connectivity index (χ4n) is 6.55. The molecule has 0 aromatic heterocycles. The molecule has 2 unspecified atom stereocenters. The summed E-state index contributed by atoms with van der Waals surface area (Å²) in [4.78, 5) is 0. The lowest BCUT2D eigenvalue weighted by Crippen LogP contribution is -2.34. The van der Waals surface area contributed by atoms with Gasteiger partial charge in [-0.3, -0.25) is 0 Å². The maximum Gasteiger partial charge on any atom is 0.242 e. The fourth-order valence-corrected chi connectivity index (χ4v) is 9.94. The van der Waals surface area contributed by atoms with Gasteiger partial charge < -0.3 is 17.7 Å². The third kappa shape index (κ3) is 13.8. The Morgan fingerprint density at radius 1 is 0.420 bits per heavy atom. The normalized spacial score (nSPS) is 20.6. The maximum absolute atomic E-state index is 6.82. The second kappa shape index (κ2) is 14.7. The van der Waals surface area contributed by atoms with Crippen LogP contribution in [-0.2, 0) is 17.7 Å². The van der Waals surface area contributed by atoms with Crippen molar-refractivity contribution in [1.82, 2.24) is 0 Å². The van der Waals surface area contributed by atoms with E-state index in [4.69, 9.17) is 17.7 Å². The van der Waals surface area contributed by atoms with Crippen molar-refractivity contribution in [2.75, 3.05) is 0 Å². The van der Waals surface area contributed by atoms with E-state index in [0.29, 0.717) is 0 Å². The quantitative estimate of drug-likeness (QED) is 0.231. The molecule has 0 spiro atoms. The molecular formula is C42H84O4Si4. The van der Waals surface area contributed by atoms with Gasteiger partial charge in [-0.15, -0.1) is 0 Å². The summed E-state index contributed by atoms with van der Waals surface area (Å²) in [5.41, 5.74) is 4.50. The van der Waals surface area contributed by atoms with Crippen molar-refractivity contribution in [3.63, 3.8) is 0 Å². The third-order valence-corrected chi connectivity index (χ3v) is 11.5. The molecular weight excluding hydrogens is 681 g/mol. The van der Waals surface area contributed by atoms with Gasteiger partial charge in [-0.2, -0.15) is 0 Å². The van der Waals surface area contributed by atoms with Gasteiger partial charge in [0.15, 0.2) is 0 Å². The van der Waals surface area contributed by atoms with Crippen LogP contribution >= 0.6 is 0 Å². The monoisotopic (exact) mass is 765 g/mol. The molecule has 0 saturated carbocycles. The average Bonchev–Trinajstić information content (AvgIpc) is 3.25. The van der Waals surface area contributed by atoms with Crippen molar-refractivity contribution in [2.24, 2.45) is 38.9 Å². The van der Waals surface area contributed by atoms with Crippen molar-refractivity contribution in [1.29, 1.82) is 0 Å². The molecule has 2 atom stereocenters. The molecule has 2 aliphatic rings. The van der Waals surface area contributed by atoms with Crippen LogP contribution < -0.4 is 0 Å². The van der Waals surface area contributed by atoms with Gasteiger partial charge in [0.1, 0.15) is 23.0 Å². The summed E-state index contributed by atoms with van der Waals surface area (Å²) in [7, 11) is -7.00. The molecule has 0 bridgehead atoms. The molecule has 0 aromatic rings. The predicted octanol–water partition coefficient (Wildman–Crippen LogP) is 14.5. The first-order valence-corrected chi connectivity index (χ1v) is 32.8. The van der Waals surface area contributed by atoms with E-state index in [1.165, 1.54) is 16.7 Å². The summed E-state index contributed by atoms with van der Waals surface area (Å²) in [6, 6.07) is 0. The van der Waals surface area contributed by atoms with Crippen LogP contribution in [0.15, 0.2) is 45.8 Å². The highest BCUT2D eigenvalue weighted by atomic mass is 28.4. The highest BCUT2D eigenvalue weighted by molar-refractivity contribution is 6.71. The SMILES string of the molecule is CC(C)(C)C1=C(C(C)(C)C)C(C(C)(C)C)C(O[Si](C)(C)C)=C1O[Si](C)(C)C.CC(C)(C)C1=CC(C(C)(C)C)C(O[Si](C)(C)C)=C1O[Si](C)(C)C. The Morgan fingerprint density at radius 2 is 0.780 bits per heavy atom. The summed E-state index contributed by atoms with van der Waals surface area (Å²) in [6.07, 6.45) is 2.41. The lowest BCUT2D eigenvalue weighted by atomic mass is 9.66. The van der Waals surface area contributed by atoms with Crippen molar-refractivity contribution < 1.29 is 17.7 Å². The van der Waals surface area contributed by atoms with Crippen LogP contribution in [0.4, 0.5) is 0 Å². The van der Waals surface area contributed by atoms with Gasteiger partial charge in [-0.25, -0.2) is 0 Å². The number of hydrogen-bond acceptors (Lipinski definition) is 4.